The zero-order valence-electron chi connectivity index (χ0n) is 19.5. The van der Waals surface area contributed by atoms with Crippen molar-refractivity contribution in [3.63, 3.8) is 0 Å². The van der Waals surface area contributed by atoms with Crippen LogP contribution < -0.4 is 19.5 Å². The largest absolute Gasteiger partial charge is 0.493 e. The monoisotopic (exact) mass is 482 g/mol. The standard InChI is InChI=1S/C24H26N4O5S/c1-6-11-28-23(17-12-19(31-3)22(33-5)20(13-17)32-4)26-27-24(28)34-14-21(30)25-18-9-7-16(8-10-18)15(2)29/h6-10,12-13H,1,11,14H2,2-5H3,(H,25,30). The molecule has 0 saturated carbocycles. The molecule has 9 nitrogen and oxygen atoms in total. The molecule has 0 bridgehead atoms. The van der Waals surface area contributed by atoms with Crippen LogP contribution in [0.15, 0.2) is 54.2 Å². The SMILES string of the molecule is C=CCn1c(SCC(=O)Nc2ccc(C(C)=O)cc2)nnc1-c1cc(OC)c(OC)c(OC)c1. The molecule has 3 rings (SSSR count). The molecule has 34 heavy (non-hydrogen) atoms. The minimum absolute atomic E-state index is 0.0297. The van der Waals surface area contributed by atoms with Crippen molar-refractivity contribution in [1.29, 1.82) is 0 Å². The third-order valence-electron chi connectivity index (χ3n) is 4.86. The first kappa shape index (κ1) is 24.8. The topological polar surface area (TPSA) is 105 Å². The first-order chi connectivity index (χ1) is 16.4. The zero-order chi connectivity index (χ0) is 24.7. The van der Waals surface area contributed by atoms with Crippen LogP contribution in [0.5, 0.6) is 17.2 Å². The number of carbonyl (C=O) groups excluding carboxylic acids is 2. The van der Waals surface area contributed by atoms with E-state index in [1.807, 2.05) is 4.57 Å². The number of anilines is 1. The number of allylic oxidation sites excluding steroid dienone is 1. The Hall–Kier alpha value is -3.79. The number of nitrogens with one attached hydrogen (secondary N) is 1. The molecule has 0 fully saturated rings. The molecule has 10 heteroatoms. The highest BCUT2D eigenvalue weighted by Gasteiger charge is 2.20. The van der Waals surface area contributed by atoms with E-state index in [1.54, 1.807) is 56.7 Å². The van der Waals surface area contributed by atoms with Crippen LogP contribution in [0, 0.1) is 0 Å². The molecule has 0 atom stereocenters. The summed E-state index contributed by atoms with van der Waals surface area (Å²) in [7, 11) is 4.63. The summed E-state index contributed by atoms with van der Waals surface area (Å²) in [5.41, 5.74) is 1.91. The van der Waals surface area contributed by atoms with Crippen molar-refractivity contribution in [3.05, 3.63) is 54.6 Å². The van der Waals surface area contributed by atoms with E-state index in [1.165, 1.54) is 25.8 Å². The van der Waals surface area contributed by atoms with Gasteiger partial charge in [-0.25, -0.2) is 0 Å². The number of aromatic nitrogens is 3. The second-order valence-corrected chi connectivity index (χ2v) is 8.03. The Morgan fingerprint density at radius 3 is 2.24 bits per heavy atom. The minimum atomic E-state index is -0.205. The second kappa shape index (κ2) is 11.4. The molecule has 0 aliphatic heterocycles. The molecule has 0 aliphatic rings. The summed E-state index contributed by atoms with van der Waals surface area (Å²) in [6, 6.07) is 10.3. The number of benzene rings is 2. The average molecular weight is 483 g/mol. The number of methoxy groups -OCH3 is 3. The number of nitrogens with zero attached hydrogens (tertiary/aromatic N) is 3. The van der Waals surface area contributed by atoms with Gasteiger partial charge in [0.2, 0.25) is 11.7 Å². The van der Waals surface area contributed by atoms with Gasteiger partial charge in [-0.3, -0.25) is 14.2 Å². The maximum absolute atomic E-state index is 12.5. The van der Waals surface area contributed by atoms with Crippen molar-refractivity contribution in [2.75, 3.05) is 32.4 Å². The molecule has 0 spiro atoms. The van der Waals surface area contributed by atoms with Crippen LogP contribution in [0.3, 0.4) is 0 Å². The number of Topliss-reactive ketones (excluding diaryl/α,β-unsaturated/α-hetero) is 1. The predicted molar refractivity (Wildman–Crippen MR) is 131 cm³/mol. The number of hydrogen-bond acceptors (Lipinski definition) is 8. The maximum atomic E-state index is 12.5. The van der Waals surface area contributed by atoms with E-state index in [9.17, 15) is 9.59 Å². The van der Waals surface area contributed by atoms with Gasteiger partial charge in [0, 0.05) is 23.4 Å². The Morgan fingerprint density at radius 1 is 1.06 bits per heavy atom. The predicted octanol–water partition coefficient (Wildman–Crippen LogP) is 4.09. The van der Waals surface area contributed by atoms with Gasteiger partial charge in [0.15, 0.2) is 28.3 Å². The van der Waals surface area contributed by atoms with Crippen LogP contribution in [-0.4, -0.2) is 53.5 Å². The highest BCUT2D eigenvalue weighted by Crippen LogP contribution is 2.41. The molecule has 1 amide bonds. The molecule has 1 heterocycles. The summed E-state index contributed by atoms with van der Waals surface area (Å²) in [5, 5.41) is 12.0. The van der Waals surface area contributed by atoms with E-state index in [2.05, 4.69) is 22.1 Å². The number of amides is 1. The first-order valence-corrected chi connectivity index (χ1v) is 11.3. The molecule has 0 radical (unpaired) electrons. The van der Waals surface area contributed by atoms with Crippen LogP contribution in [0.1, 0.15) is 17.3 Å². The number of ether oxygens (including phenoxy) is 3. The molecule has 3 aromatic rings. The number of ketones is 1. The zero-order valence-corrected chi connectivity index (χ0v) is 20.3. The van der Waals surface area contributed by atoms with Crippen molar-refractivity contribution in [2.45, 2.75) is 18.6 Å². The summed E-state index contributed by atoms with van der Waals surface area (Å²) < 4.78 is 18.1. The molecule has 0 unspecified atom stereocenters. The fourth-order valence-corrected chi connectivity index (χ4v) is 3.98. The summed E-state index contributed by atoms with van der Waals surface area (Å²) in [4.78, 5) is 23.9. The molecule has 1 aromatic heterocycles. The fourth-order valence-electron chi connectivity index (χ4n) is 3.23. The highest BCUT2D eigenvalue weighted by atomic mass is 32.2. The van der Waals surface area contributed by atoms with Crippen molar-refractivity contribution in [2.24, 2.45) is 0 Å². The third kappa shape index (κ3) is 5.57. The van der Waals surface area contributed by atoms with E-state index < -0.39 is 0 Å². The quantitative estimate of drug-likeness (QED) is 0.248. The van der Waals surface area contributed by atoms with Gasteiger partial charge in [-0.2, -0.15) is 0 Å². The fraction of sp³-hybridized carbons (Fsp3) is 0.250. The van der Waals surface area contributed by atoms with Gasteiger partial charge in [0.1, 0.15) is 0 Å². The molecule has 178 valence electrons. The third-order valence-corrected chi connectivity index (χ3v) is 5.83. The van der Waals surface area contributed by atoms with Crippen LogP contribution in [0.4, 0.5) is 5.69 Å². The van der Waals surface area contributed by atoms with Gasteiger partial charge in [-0.05, 0) is 43.3 Å². The average Bonchev–Trinajstić information content (AvgIpc) is 3.24. The highest BCUT2D eigenvalue weighted by molar-refractivity contribution is 7.99. The number of thioether (sulfide) groups is 1. The molecular formula is C24H26N4O5S. The van der Waals surface area contributed by atoms with Crippen molar-refractivity contribution in [3.8, 4) is 28.6 Å². The van der Waals surface area contributed by atoms with Crippen molar-refractivity contribution >= 4 is 29.1 Å². The number of carbonyl (C=O) groups is 2. The normalized spacial score (nSPS) is 10.5. The van der Waals surface area contributed by atoms with Gasteiger partial charge in [-0.1, -0.05) is 17.8 Å². The Morgan fingerprint density at radius 2 is 1.71 bits per heavy atom. The van der Waals surface area contributed by atoms with Gasteiger partial charge in [-0.15, -0.1) is 16.8 Å². The van der Waals surface area contributed by atoms with E-state index in [-0.39, 0.29) is 17.4 Å². The summed E-state index contributed by atoms with van der Waals surface area (Å²) >= 11 is 1.25. The summed E-state index contributed by atoms with van der Waals surface area (Å²) in [5.74, 6) is 1.93. The van der Waals surface area contributed by atoms with Gasteiger partial charge in [0.25, 0.3) is 0 Å². The Balaban J connectivity index is 1.79. The molecule has 2 aromatic carbocycles. The lowest BCUT2D eigenvalue weighted by Crippen LogP contribution is -2.14. The lowest BCUT2D eigenvalue weighted by atomic mass is 10.1. The van der Waals surface area contributed by atoms with Crippen molar-refractivity contribution < 1.29 is 23.8 Å². The number of rotatable bonds is 11. The van der Waals surface area contributed by atoms with E-state index in [0.717, 1.165) is 0 Å². The van der Waals surface area contributed by atoms with E-state index in [0.29, 0.717) is 51.6 Å². The van der Waals surface area contributed by atoms with Crippen LogP contribution in [0.2, 0.25) is 0 Å². The second-order valence-electron chi connectivity index (χ2n) is 7.09. The Bertz CT molecular complexity index is 1170. The number of hydrogen-bond donors (Lipinski definition) is 1. The molecule has 1 N–H and O–H groups in total. The van der Waals surface area contributed by atoms with E-state index in [4.69, 9.17) is 14.2 Å². The lowest BCUT2D eigenvalue weighted by molar-refractivity contribution is -0.113. The van der Waals surface area contributed by atoms with Gasteiger partial charge < -0.3 is 19.5 Å². The molecule has 0 aliphatic carbocycles. The molecule has 0 saturated heterocycles. The van der Waals surface area contributed by atoms with Gasteiger partial charge in [0.05, 0.1) is 27.1 Å². The Labute approximate surface area is 202 Å². The van der Waals surface area contributed by atoms with Gasteiger partial charge >= 0.3 is 0 Å². The van der Waals surface area contributed by atoms with E-state index >= 15 is 0 Å². The van der Waals surface area contributed by atoms with Crippen LogP contribution in [0.25, 0.3) is 11.4 Å². The summed E-state index contributed by atoms with van der Waals surface area (Å²) in [6.07, 6.45) is 1.73. The van der Waals surface area contributed by atoms with Crippen LogP contribution >= 0.6 is 11.8 Å². The smallest absolute Gasteiger partial charge is 0.234 e. The first-order valence-electron chi connectivity index (χ1n) is 10.3. The summed E-state index contributed by atoms with van der Waals surface area (Å²) in [6.45, 7) is 5.75. The Kier molecular flexibility index (Phi) is 8.31. The molecular weight excluding hydrogens is 456 g/mol. The minimum Gasteiger partial charge on any atom is -0.493 e. The lowest BCUT2D eigenvalue weighted by Gasteiger charge is -2.14. The van der Waals surface area contributed by atoms with Crippen LogP contribution in [-0.2, 0) is 11.3 Å². The van der Waals surface area contributed by atoms with Crippen molar-refractivity contribution in [1.82, 2.24) is 14.8 Å². The maximum Gasteiger partial charge on any atom is 0.234 e.